The normalized spacial score (nSPS) is 16.3. The predicted molar refractivity (Wildman–Crippen MR) is 135 cm³/mol. The third kappa shape index (κ3) is 21.1. The molecule has 0 bridgehead atoms. The summed E-state index contributed by atoms with van der Waals surface area (Å²) in [4.78, 5) is 0. The molecule has 0 N–H and O–H groups in total. The van der Waals surface area contributed by atoms with Crippen molar-refractivity contribution in [2.24, 2.45) is 0 Å². The summed E-state index contributed by atoms with van der Waals surface area (Å²) in [5.74, 6) is 3.78. The highest BCUT2D eigenvalue weighted by atomic mass is 32.2. The molecule has 6 heterocycles. The van der Waals surface area contributed by atoms with Crippen LogP contribution >= 0.6 is 34.9 Å². The van der Waals surface area contributed by atoms with E-state index >= 15 is 0 Å². The first-order valence-electron chi connectivity index (χ1n) is 9.93. The third-order valence-corrected chi connectivity index (χ3v) is 5.57. The summed E-state index contributed by atoms with van der Waals surface area (Å²) in [7, 11) is 0. The Balaban J connectivity index is 0.000000180. The van der Waals surface area contributed by atoms with Crippen LogP contribution in [0.1, 0.15) is 12.8 Å². The Labute approximate surface area is 193 Å². The molecular weight excluding hydrogens is 432 g/mol. The number of ether oxygens (including phenoxy) is 2. The third-order valence-electron chi connectivity index (χ3n) is 3.23. The maximum Gasteiger partial charge on any atom is 0.0908 e. The summed E-state index contributed by atoms with van der Waals surface area (Å²) in [6.45, 7) is 2.53. The number of rotatable bonds is 0. The van der Waals surface area contributed by atoms with Crippen molar-refractivity contribution in [3.05, 3.63) is 95.7 Å². The Bertz CT molecular complexity index is 499. The van der Waals surface area contributed by atoms with Crippen LogP contribution in [-0.4, -0.2) is 37.1 Å². The Hall–Kier alpha value is -1.60. The maximum atomic E-state index is 4.83. The SMILES string of the molecule is C1=CCOC1.C1=CCSC1.C1=COCC1.C1=CSCC1.c1ccoc1.c1ccsc1. The summed E-state index contributed by atoms with van der Waals surface area (Å²) >= 11 is 5.57. The van der Waals surface area contributed by atoms with Crippen LogP contribution in [0.4, 0.5) is 0 Å². The highest BCUT2D eigenvalue weighted by molar-refractivity contribution is 8.02. The fourth-order valence-electron chi connectivity index (χ4n) is 1.81. The molecule has 0 aromatic carbocycles. The second kappa shape index (κ2) is 23.7. The van der Waals surface area contributed by atoms with E-state index in [9.17, 15) is 0 Å². The monoisotopic (exact) mass is 464 g/mol. The van der Waals surface area contributed by atoms with Gasteiger partial charge in [-0.3, -0.25) is 0 Å². The highest BCUT2D eigenvalue weighted by Crippen LogP contribution is 2.11. The number of thioether (sulfide) groups is 2. The molecule has 30 heavy (non-hydrogen) atoms. The molecule has 0 aliphatic carbocycles. The fraction of sp³-hybridized carbons (Fsp3) is 0.333. The van der Waals surface area contributed by atoms with Crippen molar-refractivity contribution < 1.29 is 13.9 Å². The summed E-state index contributed by atoms with van der Waals surface area (Å²) in [5.41, 5.74) is 0. The van der Waals surface area contributed by atoms with E-state index in [2.05, 4.69) is 28.1 Å². The second-order valence-electron chi connectivity index (χ2n) is 5.67. The smallest absolute Gasteiger partial charge is 0.0908 e. The lowest BCUT2D eigenvalue weighted by molar-refractivity contribution is 0.213. The molecule has 0 radical (unpaired) electrons. The zero-order valence-corrected chi connectivity index (χ0v) is 19.8. The van der Waals surface area contributed by atoms with Crippen LogP contribution in [-0.2, 0) is 9.47 Å². The average Bonchev–Trinajstić information content (AvgIpc) is 3.69. The van der Waals surface area contributed by atoms with Gasteiger partial charge in [0.05, 0.1) is 38.6 Å². The van der Waals surface area contributed by atoms with Crippen LogP contribution in [0.3, 0.4) is 0 Å². The molecule has 0 spiro atoms. The quantitative estimate of drug-likeness (QED) is 0.378. The zero-order chi connectivity index (χ0) is 21.2. The molecule has 2 aromatic rings. The van der Waals surface area contributed by atoms with Gasteiger partial charge in [-0.05, 0) is 40.8 Å². The van der Waals surface area contributed by atoms with Gasteiger partial charge in [-0.1, -0.05) is 42.5 Å². The van der Waals surface area contributed by atoms with Gasteiger partial charge >= 0.3 is 0 Å². The van der Waals surface area contributed by atoms with E-state index < -0.39 is 0 Å². The first-order chi connectivity index (χ1) is 15.0. The molecule has 164 valence electrons. The second-order valence-corrected chi connectivity index (χ2v) is 8.57. The standard InChI is InChI=1S/2C4H6O.C4H4O.2C4H6S.C4H4S/c6*1-2-4-5-3-1/h1,3H,2,4H2;1-2H,3-4H2;1-4H;1,3H,2,4H2;1-2H,3-4H2;1-4H. The molecule has 6 rings (SSSR count). The minimum absolute atomic E-state index is 0.819. The summed E-state index contributed by atoms with van der Waals surface area (Å²) in [6.07, 6.45) is 20.0. The lowest BCUT2D eigenvalue weighted by atomic mass is 10.5. The van der Waals surface area contributed by atoms with E-state index in [4.69, 9.17) is 9.47 Å². The number of furan rings is 1. The van der Waals surface area contributed by atoms with E-state index in [0.29, 0.717) is 0 Å². The molecule has 0 unspecified atom stereocenters. The minimum atomic E-state index is 0.819. The van der Waals surface area contributed by atoms with Crippen LogP contribution in [0.15, 0.2) is 100 Å². The first kappa shape index (κ1) is 26.4. The van der Waals surface area contributed by atoms with Gasteiger partial charge in [0.1, 0.15) is 0 Å². The molecular formula is C24H32O3S3. The molecule has 0 saturated carbocycles. The van der Waals surface area contributed by atoms with E-state index in [1.54, 1.807) is 30.1 Å². The van der Waals surface area contributed by atoms with Crippen molar-refractivity contribution in [2.45, 2.75) is 12.8 Å². The number of hydrogen-bond acceptors (Lipinski definition) is 6. The zero-order valence-electron chi connectivity index (χ0n) is 17.3. The highest BCUT2D eigenvalue weighted by Gasteiger charge is 1.86. The Morgan fingerprint density at radius 3 is 1.63 bits per heavy atom. The summed E-state index contributed by atoms with van der Waals surface area (Å²) < 4.78 is 14.2. The molecule has 4 aliphatic heterocycles. The lowest BCUT2D eigenvalue weighted by Crippen LogP contribution is -1.76. The first-order valence-corrected chi connectivity index (χ1v) is 13.1. The van der Waals surface area contributed by atoms with Crippen LogP contribution in [0.2, 0.25) is 0 Å². The van der Waals surface area contributed by atoms with Gasteiger partial charge in [0, 0.05) is 23.7 Å². The average molecular weight is 465 g/mol. The van der Waals surface area contributed by atoms with Crippen molar-refractivity contribution >= 4 is 34.9 Å². The number of thiophene rings is 1. The fourth-order valence-corrected chi connectivity index (χ4v) is 3.63. The lowest BCUT2D eigenvalue weighted by Gasteiger charge is -1.79. The molecule has 3 nitrogen and oxygen atoms in total. The number of allylic oxidation sites excluding steroid dienone is 1. The van der Waals surface area contributed by atoms with Crippen molar-refractivity contribution in [1.82, 2.24) is 0 Å². The van der Waals surface area contributed by atoms with Crippen molar-refractivity contribution in [1.29, 1.82) is 0 Å². The molecule has 2 aromatic heterocycles. The van der Waals surface area contributed by atoms with Gasteiger partial charge in [-0.15, -0.1) is 11.8 Å². The largest absolute Gasteiger partial charge is 0.501 e. The van der Waals surface area contributed by atoms with Gasteiger partial charge in [0.25, 0.3) is 0 Å². The Kier molecular flexibility index (Phi) is 20.9. The van der Waals surface area contributed by atoms with E-state index in [-0.39, 0.29) is 0 Å². The Morgan fingerprint density at radius 1 is 0.700 bits per heavy atom. The van der Waals surface area contributed by atoms with Crippen LogP contribution in [0.5, 0.6) is 0 Å². The van der Waals surface area contributed by atoms with Crippen LogP contribution in [0, 0.1) is 0 Å². The molecule has 4 aliphatic rings. The van der Waals surface area contributed by atoms with E-state index in [0.717, 1.165) is 26.2 Å². The van der Waals surface area contributed by atoms with Crippen molar-refractivity contribution in [2.75, 3.05) is 37.1 Å². The van der Waals surface area contributed by atoms with Crippen LogP contribution in [0.25, 0.3) is 0 Å². The van der Waals surface area contributed by atoms with Crippen LogP contribution < -0.4 is 0 Å². The molecule has 0 atom stereocenters. The topological polar surface area (TPSA) is 31.6 Å². The van der Waals surface area contributed by atoms with Gasteiger partial charge in [0.2, 0.25) is 0 Å². The van der Waals surface area contributed by atoms with Crippen molar-refractivity contribution in [3.63, 3.8) is 0 Å². The summed E-state index contributed by atoms with van der Waals surface area (Å²) in [6, 6.07) is 7.70. The van der Waals surface area contributed by atoms with E-state index in [1.807, 2.05) is 76.8 Å². The molecule has 0 amide bonds. The van der Waals surface area contributed by atoms with Crippen molar-refractivity contribution in [3.8, 4) is 0 Å². The molecule has 6 heteroatoms. The Morgan fingerprint density at radius 2 is 1.43 bits per heavy atom. The predicted octanol–water partition coefficient (Wildman–Crippen LogP) is 7.45. The van der Waals surface area contributed by atoms with Gasteiger partial charge in [-0.2, -0.15) is 23.1 Å². The summed E-state index contributed by atoms with van der Waals surface area (Å²) in [5, 5.41) is 6.24. The van der Waals surface area contributed by atoms with E-state index in [1.165, 1.54) is 23.7 Å². The maximum absolute atomic E-state index is 4.83. The van der Waals surface area contributed by atoms with Gasteiger partial charge in [-0.25, -0.2) is 0 Å². The minimum Gasteiger partial charge on any atom is -0.501 e. The molecule has 0 saturated heterocycles. The molecule has 0 fully saturated rings. The van der Waals surface area contributed by atoms with Gasteiger partial charge < -0.3 is 13.9 Å². The number of hydrogen-bond donors (Lipinski definition) is 0. The van der Waals surface area contributed by atoms with Gasteiger partial charge in [0.15, 0.2) is 0 Å².